The fourth-order valence-electron chi connectivity index (χ4n) is 3.91. The number of carbonyl (C=O) groups is 1. The number of hydrazone groups is 1. The number of fused-ring (bicyclic) bond motifs is 1. The van der Waals surface area contributed by atoms with Crippen LogP contribution in [0.15, 0.2) is 35.4 Å². The minimum atomic E-state index is -0.331. The number of nitrogens with one attached hydrogen (secondary N) is 1. The Morgan fingerprint density at radius 1 is 1.34 bits per heavy atom. The molecule has 2 aromatic carbocycles. The Morgan fingerprint density at radius 3 is 2.76 bits per heavy atom. The Morgan fingerprint density at radius 2 is 2.07 bits per heavy atom. The number of hydrogen-bond acceptors (Lipinski definition) is 4. The van der Waals surface area contributed by atoms with Crippen molar-refractivity contribution in [1.82, 2.24) is 5.43 Å². The first kappa shape index (κ1) is 21.2. The molecular formula is C23H28ClN3O2. The topological polar surface area (TPSA) is 53.9 Å². The van der Waals surface area contributed by atoms with E-state index in [0.717, 1.165) is 23.2 Å². The van der Waals surface area contributed by atoms with Gasteiger partial charge in [0.05, 0.1) is 23.9 Å². The van der Waals surface area contributed by atoms with Crippen LogP contribution in [0.25, 0.3) is 0 Å². The zero-order valence-corrected chi connectivity index (χ0v) is 18.6. The Balaban J connectivity index is 1.82. The molecule has 0 aliphatic carbocycles. The molecule has 3 rings (SSSR count). The summed E-state index contributed by atoms with van der Waals surface area (Å²) in [6, 6.07) is 9.46. The lowest BCUT2D eigenvalue weighted by atomic mass is 9.80. The summed E-state index contributed by atoms with van der Waals surface area (Å²) in [5.41, 5.74) is 7.25. The summed E-state index contributed by atoms with van der Waals surface area (Å²) >= 11 is 6.51. The van der Waals surface area contributed by atoms with E-state index in [9.17, 15) is 4.79 Å². The molecule has 0 fully saturated rings. The Bertz CT molecular complexity index is 969. The molecular weight excluding hydrogens is 386 g/mol. The summed E-state index contributed by atoms with van der Waals surface area (Å²) in [5, 5.41) is 4.72. The first-order valence-electron chi connectivity index (χ1n) is 9.69. The summed E-state index contributed by atoms with van der Waals surface area (Å²) in [6.07, 6.45) is 2.65. The molecule has 0 bridgehead atoms. The minimum Gasteiger partial charge on any atom is -0.496 e. The molecule has 154 valence electrons. The van der Waals surface area contributed by atoms with E-state index in [1.165, 1.54) is 5.56 Å². The van der Waals surface area contributed by atoms with Gasteiger partial charge < -0.3 is 9.64 Å². The second-order valence-corrected chi connectivity index (χ2v) is 8.72. The van der Waals surface area contributed by atoms with Gasteiger partial charge in [0.25, 0.3) is 5.91 Å². The van der Waals surface area contributed by atoms with Gasteiger partial charge in [0, 0.05) is 23.8 Å². The predicted molar refractivity (Wildman–Crippen MR) is 120 cm³/mol. The molecule has 1 heterocycles. The molecule has 0 aromatic heterocycles. The van der Waals surface area contributed by atoms with E-state index in [2.05, 4.69) is 49.3 Å². The lowest BCUT2D eigenvalue weighted by Gasteiger charge is -2.45. The standard InChI is InChI=1S/C23H28ClN3O2/c1-14-7-8-17(21(9-14)29-6)22(28)26-25-13-16-10-18-15(2)12-23(3,4)27(5)20(18)11-19(16)24/h7-11,13,15H,12H2,1-6H3,(H,26,28)/b25-13-/t15-/m1/s1. The quantitative estimate of drug-likeness (QED) is 0.557. The summed E-state index contributed by atoms with van der Waals surface area (Å²) in [7, 11) is 3.64. The Labute approximate surface area is 177 Å². The van der Waals surface area contributed by atoms with Gasteiger partial charge in [-0.15, -0.1) is 0 Å². The maximum Gasteiger partial charge on any atom is 0.275 e. The summed E-state index contributed by atoms with van der Waals surface area (Å²) in [5.74, 6) is 0.595. The molecule has 1 amide bonds. The van der Waals surface area contributed by atoms with E-state index < -0.39 is 0 Å². The van der Waals surface area contributed by atoms with E-state index in [4.69, 9.17) is 16.3 Å². The van der Waals surface area contributed by atoms with Crippen LogP contribution in [0.5, 0.6) is 5.75 Å². The zero-order valence-electron chi connectivity index (χ0n) is 17.8. The number of amides is 1. The summed E-state index contributed by atoms with van der Waals surface area (Å²) in [6.45, 7) is 8.66. The number of benzene rings is 2. The SMILES string of the molecule is COc1cc(C)ccc1C(=O)N/N=C\c1cc2c(cc1Cl)N(C)C(C)(C)C[C@H]2C. The molecule has 2 aromatic rings. The van der Waals surface area contributed by atoms with Crippen molar-refractivity contribution in [1.29, 1.82) is 0 Å². The maximum absolute atomic E-state index is 12.5. The second kappa shape index (κ2) is 8.07. The van der Waals surface area contributed by atoms with Gasteiger partial charge in [-0.25, -0.2) is 5.43 Å². The normalized spacial score (nSPS) is 17.9. The van der Waals surface area contributed by atoms with Gasteiger partial charge in [-0.05, 0) is 68.5 Å². The monoisotopic (exact) mass is 413 g/mol. The van der Waals surface area contributed by atoms with Crippen LogP contribution in [0.2, 0.25) is 5.02 Å². The number of halogens is 1. The third-order valence-electron chi connectivity index (χ3n) is 5.72. The van der Waals surface area contributed by atoms with Crippen LogP contribution in [0.3, 0.4) is 0 Å². The van der Waals surface area contributed by atoms with Crippen molar-refractivity contribution in [3.63, 3.8) is 0 Å². The van der Waals surface area contributed by atoms with Crippen LogP contribution in [-0.4, -0.2) is 31.8 Å². The largest absolute Gasteiger partial charge is 0.496 e. The number of hydrogen-bond donors (Lipinski definition) is 1. The van der Waals surface area contributed by atoms with Crippen LogP contribution in [-0.2, 0) is 0 Å². The van der Waals surface area contributed by atoms with Crippen molar-refractivity contribution in [2.75, 3.05) is 19.1 Å². The highest BCUT2D eigenvalue weighted by atomic mass is 35.5. The molecule has 0 saturated carbocycles. The molecule has 0 spiro atoms. The number of carbonyl (C=O) groups excluding carboxylic acids is 1. The van der Waals surface area contributed by atoms with Crippen molar-refractivity contribution >= 4 is 29.4 Å². The molecule has 1 atom stereocenters. The molecule has 1 N–H and O–H groups in total. The number of anilines is 1. The Hall–Kier alpha value is -2.53. The molecule has 0 unspecified atom stereocenters. The fraction of sp³-hybridized carbons (Fsp3) is 0.391. The molecule has 1 aliphatic rings. The van der Waals surface area contributed by atoms with Crippen molar-refractivity contribution in [2.24, 2.45) is 5.10 Å². The van der Waals surface area contributed by atoms with E-state index in [-0.39, 0.29) is 11.4 Å². The molecule has 5 nitrogen and oxygen atoms in total. The zero-order chi connectivity index (χ0) is 21.3. The van der Waals surface area contributed by atoms with Gasteiger partial charge in [0.15, 0.2) is 0 Å². The van der Waals surface area contributed by atoms with Gasteiger partial charge in [-0.1, -0.05) is 24.6 Å². The molecule has 0 radical (unpaired) electrons. The van der Waals surface area contributed by atoms with Gasteiger partial charge in [0.1, 0.15) is 5.75 Å². The summed E-state index contributed by atoms with van der Waals surface area (Å²) < 4.78 is 5.29. The van der Waals surface area contributed by atoms with Gasteiger partial charge in [-0.3, -0.25) is 4.79 Å². The molecule has 0 saturated heterocycles. The fourth-order valence-corrected chi connectivity index (χ4v) is 4.12. The van der Waals surface area contributed by atoms with Gasteiger partial charge in [0.2, 0.25) is 0 Å². The van der Waals surface area contributed by atoms with Crippen LogP contribution < -0.4 is 15.1 Å². The highest BCUT2D eigenvalue weighted by molar-refractivity contribution is 6.33. The Kier molecular flexibility index (Phi) is 5.90. The van der Waals surface area contributed by atoms with Crippen LogP contribution in [0.1, 0.15) is 60.2 Å². The summed E-state index contributed by atoms with van der Waals surface area (Å²) in [4.78, 5) is 14.7. The van der Waals surface area contributed by atoms with Crippen molar-refractivity contribution in [2.45, 2.75) is 45.6 Å². The van der Waals surface area contributed by atoms with Crippen LogP contribution in [0.4, 0.5) is 5.69 Å². The van der Waals surface area contributed by atoms with Crippen LogP contribution >= 0.6 is 11.6 Å². The van der Waals surface area contributed by atoms with Gasteiger partial charge in [-0.2, -0.15) is 5.10 Å². The van der Waals surface area contributed by atoms with Crippen LogP contribution in [0, 0.1) is 6.92 Å². The minimum absolute atomic E-state index is 0.0758. The number of methoxy groups -OCH3 is 1. The van der Waals surface area contributed by atoms with Crippen molar-refractivity contribution in [3.05, 3.63) is 57.6 Å². The van der Waals surface area contributed by atoms with Gasteiger partial charge >= 0.3 is 0 Å². The second-order valence-electron chi connectivity index (χ2n) is 8.31. The number of rotatable bonds is 4. The lowest BCUT2D eigenvalue weighted by Crippen LogP contribution is -2.45. The third-order valence-corrected chi connectivity index (χ3v) is 6.05. The number of nitrogens with zero attached hydrogens (tertiary/aromatic N) is 2. The first-order valence-corrected chi connectivity index (χ1v) is 10.1. The average molecular weight is 414 g/mol. The smallest absolute Gasteiger partial charge is 0.275 e. The molecule has 6 heteroatoms. The van der Waals surface area contributed by atoms with E-state index >= 15 is 0 Å². The highest BCUT2D eigenvalue weighted by Gasteiger charge is 2.34. The highest BCUT2D eigenvalue weighted by Crippen LogP contribution is 2.44. The van der Waals surface area contributed by atoms with Crippen molar-refractivity contribution < 1.29 is 9.53 Å². The third kappa shape index (κ3) is 4.25. The molecule has 1 aliphatic heterocycles. The lowest BCUT2D eigenvalue weighted by molar-refractivity contribution is 0.0952. The average Bonchev–Trinajstić information content (AvgIpc) is 2.66. The predicted octanol–water partition coefficient (Wildman–Crippen LogP) is 5.14. The molecule has 29 heavy (non-hydrogen) atoms. The first-order chi connectivity index (χ1) is 13.6. The maximum atomic E-state index is 12.5. The van der Waals surface area contributed by atoms with E-state index in [0.29, 0.717) is 22.3 Å². The van der Waals surface area contributed by atoms with Crippen molar-refractivity contribution in [3.8, 4) is 5.75 Å². The number of aryl methyl sites for hydroxylation is 1. The van der Waals surface area contributed by atoms with E-state index in [1.54, 1.807) is 19.4 Å². The van der Waals surface area contributed by atoms with E-state index in [1.807, 2.05) is 25.1 Å². The number of ether oxygens (including phenoxy) is 1.